The van der Waals surface area contributed by atoms with E-state index in [1.165, 1.54) is 23.1 Å². The number of carbonyl (C=O) groups excluding carboxylic acids is 1. The van der Waals surface area contributed by atoms with Crippen LogP contribution in [0.5, 0.6) is 0 Å². The average Bonchev–Trinajstić information content (AvgIpc) is 2.79. The van der Waals surface area contributed by atoms with Crippen LogP contribution in [0.3, 0.4) is 0 Å². The Hall–Kier alpha value is -2.15. The minimum Gasteiger partial charge on any atom is -0.481 e. The van der Waals surface area contributed by atoms with Crippen LogP contribution in [0.15, 0.2) is 18.2 Å². The molecular formula is C13H13ClN2O5. The zero-order valence-corrected chi connectivity index (χ0v) is 11.9. The zero-order chi connectivity index (χ0) is 15.7. The second-order valence-corrected chi connectivity index (χ2v) is 5.43. The van der Waals surface area contributed by atoms with Gasteiger partial charge in [0.05, 0.1) is 10.8 Å². The maximum Gasteiger partial charge on any atom is 0.308 e. The summed E-state index contributed by atoms with van der Waals surface area (Å²) in [6.07, 6.45) is 0. The van der Waals surface area contributed by atoms with Crippen LogP contribution in [0, 0.1) is 22.0 Å². The molecule has 0 radical (unpaired) electrons. The van der Waals surface area contributed by atoms with Gasteiger partial charge in [0.2, 0.25) is 0 Å². The highest BCUT2D eigenvalue weighted by Crippen LogP contribution is 2.31. The highest BCUT2D eigenvalue weighted by molar-refractivity contribution is 6.33. The van der Waals surface area contributed by atoms with E-state index in [1.807, 2.05) is 0 Å². The van der Waals surface area contributed by atoms with Gasteiger partial charge in [-0.1, -0.05) is 24.6 Å². The standard InChI is InChI=1S/C13H13ClN2O5/c1-7-5-15(6-9(7)13(18)19)12(17)8-3-2-4-10(14)11(8)16(20)21/h2-4,7,9H,5-6H2,1H3,(H,18,19)/t7-,9-/m1/s1. The third kappa shape index (κ3) is 2.82. The third-order valence-corrected chi connectivity index (χ3v) is 3.92. The molecular weight excluding hydrogens is 300 g/mol. The largest absolute Gasteiger partial charge is 0.481 e. The van der Waals surface area contributed by atoms with Crippen molar-refractivity contribution in [3.8, 4) is 0 Å². The summed E-state index contributed by atoms with van der Waals surface area (Å²) < 4.78 is 0. The second-order valence-electron chi connectivity index (χ2n) is 5.03. The first-order valence-corrected chi connectivity index (χ1v) is 6.65. The molecule has 0 spiro atoms. The number of rotatable bonds is 3. The van der Waals surface area contributed by atoms with Crippen LogP contribution in [0.1, 0.15) is 17.3 Å². The van der Waals surface area contributed by atoms with Gasteiger partial charge in [0.25, 0.3) is 5.91 Å². The summed E-state index contributed by atoms with van der Waals surface area (Å²) in [6, 6.07) is 4.12. The Bertz CT molecular complexity index is 619. The number of nitro groups is 1. The number of para-hydroxylation sites is 1. The van der Waals surface area contributed by atoms with Crippen molar-refractivity contribution in [3.05, 3.63) is 38.9 Å². The van der Waals surface area contributed by atoms with E-state index in [9.17, 15) is 19.7 Å². The van der Waals surface area contributed by atoms with Gasteiger partial charge in [-0.05, 0) is 18.1 Å². The molecule has 0 unspecified atom stereocenters. The lowest BCUT2D eigenvalue weighted by Gasteiger charge is -2.16. The number of nitro benzene ring substituents is 1. The van der Waals surface area contributed by atoms with Gasteiger partial charge in [0, 0.05) is 13.1 Å². The first kappa shape index (κ1) is 15.2. The zero-order valence-electron chi connectivity index (χ0n) is 11.2. The molecule has 1 N–H and O–H groups in total. The molecule has 2 rings (SSSR count). The third-order valence-electron chi connectivity index (χ3n) is 3.62. The van der Waals surface area contributed by atoms with E-state index in [0.29, 0.717) is 0 Å². The number of amides is 1. The first-order chi connectivity index (χ1) is 9.82. The molecule has 0 bridgehead atoms. The van der Waals surface area contributed by atoms with E-state index < -0.39 is 28.4 Å². The van der Waals surface area contributed by atoms with Gasteiger partial charge in [-0.3, -0.25) is 19.7 Å². The second kappa shape index (κ2) is 5.69. The fraction of sp³-hybridized carbons (Fsp3) is 0.385. The Balaban J connectivity index is 2.32. The molecule has 1 heterocycles. The van der Waals surface area contributed by atoms with Crippen molar-refractivity contribution < 1.29 is 19.6 Å². The first-order valence-electron chi connectivity index (χ1n) is 6.28. The molecule has 21 heavy (non-hydrogen) atoms. The summed E-state index contributed by atoms with van der Waals surface area (Å²) >= 11 is 5.78. The van der Waals surface area contributed by atoms with Crippen LogP contribution < -0.4 is 0 Å². The van der Waals surface area contributed by atoms with Crippen molar-refractivity contribution in [2.75, 3.05) is 13.1 Å². The monoisotopic (exact) mass is 312 g/mol. The van der Waals surface area contributed by atoms with E-state index in [-0.39, 0.29) is 29.6 Å². The Kier molecular flexibility index (Phi) is 4.13. The van der Waals surface area contributed by atoms with E-state index >= 15 is 0 Å². The average molecular weight is 313 g/mol. The fourth-order valence-electron chi connectivity index (χ4n) is 2.50. The van der Waals surface area contributed by atoms with Gasteiger partial charge in [0.1, 0.15) is 10.6 Å². The molecule has 1 saturated heterocycles. The van der Waals surface area contributed by atoms with Gasteiger partial charge in [-0.15, -0.1) is 0 Å². The van der Waals surface area contributed by atoms with Gasteiger partial charge >= 0.3 is 11.7 Å². The summed E-state index contributed by atoms with van der Waals surface area (Å²) in [5.41, 5.74) is -0.568. The van der Waals surface area contributed by atoms with Crippen molar-refractivity contribution in [3.63, 3.8) is 0 Å². The number of carbonyl (C=O) groups is 2. The lowest BCUT2D eigenvalue weighted by atomic mass is 9.99. The van der Waals surface area contributed by atoms with Crippen molar-refractivity contribution in [1.82, 2.24) is 4.90 Å². The molecule has 2 atom stereocenters. The van der Waals surface area contributed by atoms with Gasteiger partial charge < -0.3 is 10.0 Å². The van der Waals surface area contributed by atoms with E-state index in [0.717, 1.165) is 0 Å². The Morgan fingerprint density at radius 3 is 2.62 bits per heavy atom. The minimum absolute atomic E-state index is 0.0407. The minimum atomic E-state index is -0.974. The number of halogens is 1. The number of likely N-dealkylation sites (tertiary alicyclic amines) is 1. The number of hydrogen-bond donors (Lipinski definition) is 1. The number of nitrogens with zero attached hydrogens (tertiary/aromatic N) is 2. The number of carboxylic acid groups (broad SMARTS) is 1. The molecule has 1 fully saturated rings. The van der Waals surface area contributed by atoms with E-state index in [4.69, 9.17) is 16.7 Å². The molecule has 1 aromatic carbocycles. The van der Waals surface area contributed by atoms with Gasteiger partial charge in [-0.25, -0.2) is 0 Å². The molecule has 1 aliphatic rings. The van der Waals surface area contributed by atoms with E-state index in [2.05, 4.69) is 0 Å². The Morgan fingerprint density at radius 2 is 2.10 bits per heavy atom. The lowest BCUT2D eigenvalue weighted by Crippen LogP contribution is -2.30. The molecule has 1 amide bonds. The lowest BCUT2D eigenvalue weighted by molar-refractivity contribution is -0.385. The Labute approximate surface area is 125 Å². The summed E-state index contributed by atoms with van der Waals surface area (Å²) in [6.45, 7) is 2.02. The van der Waals surface area contributed by atoms with Crippen molar-refractivity contribution in [1.29, 1.82) is 0 Å². The van der Waals surface area contributed by atoms with Crippen LogP contribution in [0.25, 0.3) is 0 Å². The van der Waals surface area contributed by atoms with Crippen molar-refractivity contribution in [2.45, 2.75) is 6.92 Å². The highest BCUT2D eigenvalue weighted by atomic mass is 35.5. The fourth-order valence-corrected chi connectivity index (χ4v) is 2.74. The number of hydrogen-bond acceptors (Lipinski definition) is 4. The van der Waals surface area contributed by atoms with Crippen LogP contribution in [0.2, 0.25) is 5.02 Å². The van der Waals surface area contributed by atoms with Crippen molar-refractivity contribution in [2.24, 2.45) is 11.8 Å². The maximum atomic E-state index is 12.4. The van der Waals surface area contributed by atoms with Gasteiger partial charge in [0.15, 0.2) is 0 Å². The van der Waals surface area contributed by atoms with E-state index in [1.54, 1.807) is 6.92 Å². The summed E-state index contributed by atoms with van der Waals surface area (Å²) in [5.74, 6) is -2.41. The van der Waals surface area contributed by atoms with Gasteiger partial charge in [-0.2, -0.15) is 0 Å². The normalized spacial score (nSPS) is 21.3. The predicted molar refractivity (Wildman–Crippen MR) is 74.3 cm³/mol. The van der Waals surface area contributed by atoms with Crippen LogP contribution >= 0.6 is 11.6 Å². The molecule has 0 aliphatic carbocycles. The van der Waals surface area contributed by atoms with Crippen LogP contribution in [0.4, 0.5) is 5.69 Å². The van der Waals surface area contributed by atoms with Crippen LogP contribution in [-0.2, 0) is 4.79 Å². The molecule has 0 aromatic heterocycles. The molecule has 1 aliphatic heterocycles. The summed E-state index contributed by atoms with van der Waals surface area (Å²) in [5, 5.41) is 20.0. The molecule has 8 heteroatoms. The Morgan fingerprint density at radius 1 is 1.43 bits per heavy atom. The topological polar surface area (TPSA) is 101 Å². The van der Waals surface area contributed by atoms with Crippen LogP contribution in [-0.4, -0.2) is 39.9 Å². The number of benzene rings is 1. The number of aliphatic carboxylic acids is 1. The SMILES string of the molecule is C[C@@H]1CN(C(=O)c2cccc(Cl)c2[N+](=O)[O-])C[C@H]1C(=O)O. The smallest absolute Gasteiger partial charge is 0.308 e. The number of carboxylic acids is 1. The maximum absolute atomic E-state index is 12.4. The highest BCUT2D eigenvalue weighted by Gasteiger charge is 2.39. The quantitative estimate of drug-likeness (QED) is 0.680. The molecule has 7 nitrogen and oxygen atoms in total. The van der Waals surface area contributed by atoms with Crippen molar-refractivity contribution >= 4 is 29.2 Å². The molecule has 1 aromatic rings. The molecule has 112 valence electrons. The predicted octanol–water partition coefficient (Wildman–Crippen LogP) is 2.04. The summed E-state index contributed by atoms with van der Waals surface area (Å²) in [7, 11) is 0. The molecule has 0 saturated carbocycles. The summed E-state index contributed by atoms with van der Waals surface area (Å²) in [4.78, 5) is 35.2.